The fourth-order valence-electron chi connectivity index (χ4n) is 1.82. The van der Waals surface area contributed by atoms with E-state index in [1.54, 1.807) is 10.8 Å². The second-order valence-electron chi connectivity index (χ2n) is 4.53. The number of hydrogen-bond donors (Lipinski definition) is 2. The molecule has 0 fully saturated rings. The van der Waals surface area contributed by atoms with Gasteiger partial charge >= 0.3 is 0 Å². The number of hydrogen-bond acceptors (Lipinski definition) is 3. The van der Waals surface area contributed by atoms with Crippen LogP contribution >= 0.6 is 0 Å². The lowest BCUT2D eigenvalue weighted by atomic mass is 10.3. The number of rotatable bonds is 6. The average molecular weight is 275 g/mol. The molecule has 0 saturated carbocycles. The fourth-order valence-corrected chi connectivity index (χ4v) is 1.82. The van der Waals surface area contributed by atoms with Gasteiger partial charge in [0.2, 0.25) is 0 Å². The highest BCUT2D eigenvalue weighted by Crippen LogP contribution is 2.18. The minimum atomic E-state index is -2.64. The van der Waals surface area contributed by atoms with Gasteiger partial charge in [-0.15, -0.1) is 0 Å². The molecule has 0 aromatic carbocycles. The molecule has 1 aromatic heterocycles. The van der Waals surface area contributed by atoms with Gasteiger partial charge in [0.05, 0.1) is 18.8 Å². The van der Waals surface area contributed by atoms with Crippen LogP contribution in [0.15, 0.2) is 12.3 Å². The van der Waals surface area contributed by atoms with Crippen molar-refractivity contribution in [1.29, 1.82) is 0 Å². The van der Waals surface area contributed by atoms with Crippen molar-refractivity contribution in [3.05, 3.63) is 18.0 Å². The van der Waals surface area contributed by atoms with Gasteiger partial charge in [0, 0.05) is 18.8 Å². The molecule has 0 atom stereocenters. The average Bonchev–Trinajstić information content (AvgIpc) is 2.69. The summed E-state index contributed by atoms with van der Waals surface area (Å²) in [6, 6.07) is 1.44. The number of nitrogens with two attached hydrogens (primary N) is 1. The van der Waals surface area contributed by atoms with Crippen LogP contribution < -0.4 is 5.73 Å². The van der Waals surface area contributed by atoms with Crippen LogP contribution in [0.4, 0.5) is 14.5 Å². The number of alkyl halides is 2. The first-order valence-corrected chi connectivity index (χ1v) is 6.02. The molecule has 0 aliphatic heterocycles. The number of aromatic nitrogens is 1. The van der Waals surface area contributed by atoms with E-state index in [0.29, 0.717) is 5.69 Å². The van der Waals surface area contributed by atoms with Crippen LogP contribution in [0.25, 0.3) is 0 Å². The third kappa shape index (κ3) is 3.92. The van der Waals surface area contributed by atoms with Crippen LogP contribution in [-0.4, -0.2) is 46.6 Å². The van der Waals surface area contributed by atoms with Crippen molar-refractivity contribution in [2.75, 3.05) is 25.4 Å². The Morgan fingerprint density at radius 1 is 1.53 bits per heavy atom. The first-order valence-electron chi connectivity index (χ1n) is 6.02. The lowest BCUT2D eigenvalue weighted by molar-refractivity contribution is 0.0499. The number of amides is 1. The molecule has 0 saturated heterocycles. The van der Waals surface area contributed by atoms with Gasteiger partial charge in [-0.1, -0.05) is 0 Å². The summed E-state index contributed by atoms with van der Waals surface area (Å²) in [6.45, 7) is 2.52. The number of carbonyl (C=O) groups excluding carboxylic acids is 1. The Hall–Kier alpha value is -1.63. The van der Waals surface area contributed by atoms with Crippen molar-refractivity contribution in [1.82, 2.24) is 9.47 Å². The number of aliphatic hydroxyl groups excluding tert-OH is 1. The normalized spacial score (nSPS) is 11.3. The van der Waals surface area contributed by atoms with E-state index in [4.69, 9.17) is 10.8 Å². The van der Waals surface area contributed by atoms with Crippen molar-refractivity contribution in [2.24, 2.45) is 0 Å². The largest absolute Gasteiger partial charge is 0.397 e. The van der Waals surface area contributed by atoms with Gasteiger partial charge in [-0.2, -0.15) is 0 Å². The molecule has 1 heterocycles. The van der Waals surface area contributed by atoms with Crippen LogP contribution in [0.2, 0.25) is 0 Å². The lowest BCUT2D eigenvalue weighted by Crippen LogP contribution is -2.38. The number of aliphatic hydroxyl groups is 1. The molecule has 108 valence electrons. The first-order chi connectivity index (χ1) is 8.86. The number of anilines is 1. The van der Waals surface area contributed by atoms with Crippen LogP contribution in [0.3, 0.4) is 0 Å². The molecule has 0 spiro atoms. The van der Waals surface area contributed by atoms with Crippen LogP contribution in [0, 0.1) is 0 Å². The van der Waals surface area contributed by atoms with Crippen molar-refractivity contribution >= 4 is 11.6 Å². The zero-order valence-corrected chi connectivity index (χ0v) is 11.0. The highest BCUT2D eigenvalue weighted by atomic mass is 19.3. The summed E-state index contributed by atoms with van der Waals surface area (Å²) in [5.41, 5.74) is 6.29. The summed E-state index contributed by atoms with van der Waals surface area (Å²) in [5.74, 6) is -0.556. The van der Waals surface area contributed by atoms with E-state index in [9.17, 15) is 13.6 Å². The second-order valence-corrected chi connectivity index (χ2v) is 4.53. The summed E-state index contributed by atoms with van der Waals surface area (Å²) >= 11 is 0. The van der Waals surface area contributed by atoms with Crippen molar-refractivity contribution in [3.63, 3.8) is 0 Å². The highest BCUT2D eigenvalue weighted by Gasteiger charge is 2.23. The predicted molar refractivity (Wildman–Crippen MR) is 68.2 cm³/mol. The number of nitrogens with zero attached hydrogens (tertiary/aromatic N) is 2. The molecule has 0 unspecified atom stereocenters. The topological polar surface area (TPSA) is 71.5 Å². The third-order valence-electron chi connectivity index (χ3n) is 2.66. The molecule has 5 nitrogen and oxygen atoms in total. The number of halogens is 2. The van der Waals surface area contributed by atoms with Gasteiger partial charge in [-0.25, -0.2) is 8.78 Å². The van der Waals surface area contributed by atoms with E-state index in [1.165, 1.54) is 6.07 Å². The van der Waals surface area contributed by atoms with E-state index < -0.39 is 18.9 Å². The Balaban J connectivity index is 3.01. The maximum Gasteiger partial charge on any atom is 0.270 e. The molecule has 7 heteroatoms. The fraction of sp³-hybridized carbons (Fsp3) is 0.583. The van der Waals surface area contributed by atoms with E-state index in [0.717, 1.165) is 4.90 Å². The van der Waals surface area contributed by atoms with Gasteiger partial charge in [-0.3, -0.25) is 4.79 Å². The second kappa shape index (κ2) is 6.51. The molecular weight excluding hydrogens is 256 g/mol. The molecule has 0 bridgehead atoms. The van der Waals surface area contributed by atoms with Crippen LogP contribution in [0.1, 0.15) is 30.4 Å². The van der Waals surface area contributed by atoms with Crippen LogP contribution in [0.5, 0.6) is 0 Å². The Bertz CT molecular complexity index is 433. The Morgan fingerprint density at radius 2 is 2.16 bits per heavy atom. The predicted octanol–water partition coefficient (Wildman–Crippen LogP) is 1.35. The van der Waals surface area contributed by atoms with E-state index in [2.05, 4.69) is 0 Å². The lowest BCUT2D eigenvalue weighted by Gasteiger charge is -2.22. The van der Waals surface area contributed by atoms with Crippen LogP contribution in [-0.2, 0) is 0 Å². The molecular formula is C12H19F2N3O2. The Labute approximate surface area is 110 Å². The smallest absolute Gasteiger partial charge is 0.270 e. The quantitative estimate of drug-likeness (QED) is 0.823. The summed E-state index contributed by atoms with van der Waals surface area (Å²) in [5, 5.41) is 8.86. The standard InChI is InChI=1S/C12H19F2N3O2/c1-8(2)17-6-9(15)5-10(17)12(19)16(3-4-18)7-11(13)14/h5-6,8,11,18H,3-4,7,15H2,1-2H3. The zero-order chi connectivity index (χ0) is 14.6. The van der Waals surface area contributed by atoms with E-state index in [-0.39, 0.29) is 24.9 Å². The molecule has 1 amide bonds. The summed E-state index contributed by atoms with van der Waals surface area (Å²) in [4.78, 5) is 13.1. The molecule has 19 heavy (non-hydrogen) atoms. The van der Waals surface area contributed by atoms with Gasteiger partial charge in [-0.05, 0) is 19.9 Å². The molecule has 0 aliphatic carbocycles. The van der Waals surface area contributed by atoms with Gasteiger partial charge < -0.3 is 20.3 Å². The zero-order valence-electron chi connectivity index (χ0n) is 11.0. The van der Waals surface area contributed by atoms with Crippen molar-refractivity contribution in [3.8, 4) is 0 Å². The maximum absolute atomic E-state index is 12.4. The maximum atomic E-state index is 12.4. The minimum Gasteiger partial charge on any atom is -0.397 e. The minimum absolute atomic E-state index is 0.0150. The number of nitrogen functional groups attached to an aromatic ring is 1. The molecule has 0 aliphatic rings. The highest BCUT2D eigenvalue weighted by molar-refractivity contribution is 5.94. The Morgan fingerprint density at radius 3 is 2.63 bits per heavy atom. The summed E-state index contributed by atoms with van der Waals surface area (Å²) < 4.78 is 26.5. The van der Waals surface area contributed by atoms with Crippen molar-refractivity contribution in [2.45, 2.75) is 26.3 Å². The van der Waals surface area contributed by atoms with Gasteiger partial charge in [0.25, 0.3) is 12.3 Å². The first kappa shape index (κ1) is 15.4. The SMILES string of the molecule is CC(C)n1cc(N)cc1C(=O)N(CCO)CC(F)F. The third-order valence-corrected chi connectivity index (χ3v) is 2.66. The molecule has 0 radical (unpaired) electrons. The van der Waals surface area contributed by atoms with Gasteiger partial charge in [0.1, 0.15) is 5.69 Å². The van der Waals surface area contributed by atoms with Crippen molar-refractivity contribution < 1.29 is 18.7 Å². The van der Waals surface area contributed by atoms with E-state index in [1.807, 2.05) is 13.8 Å². The molecule has 1 rings (SSSR count). The number of carbonyl (C=O) groups is 1. The van der Waals surface area contributed by atoms with E-state index >= 15 is 0 Å². The monoisotopic (exact) mass is 275 g/mol. The summed E-state index contributed by atoms with van der Waals surface area (Å²) in [7, 11) is 0. The summed E-state index contributed by atoms with van der Waals surface area (Å²) in [6.07, 6.45) is -1.05. The van der Waals surface area contributed by atoms with Gasteiger partial charge in [0.15, 0.2) is 0 Å². The molecule has 3 N–H and O–H groups in total. The molecule has 1 aromatic rings. The Kier molecular flexibility index (Phi) is 5.29.